The fourth-order valence-corrected chi connectivity index (χ4v) is 2.54. The first-order valence-electron chi connectivity index (χ1n) is 5.89. The van der Waals surface area contributed by atoms with E-state index in [1.807, 2.05) is 18.4 Å². The summed E-state index contributed by atoms with van der Waals surface area (Å²) in [5.41, 5.74) is 7.42. The summed E-state index contributed by atoms with van der Waals surface area (Å²) >= 11 is 1.67. The molecule has 0 aliphatic carbocycles. The summed E-state index contributed by atoms with van der Waals surface area (Å²) in [6.45, 7) is 2.04. The summed E-state index contributed by atoms with van der Waals surface area (Å²) in [4.78, 5) is 12.9. The number of anilines is 2. The largest absolute Gasteiger partial charge is 0.465 e. The summed E-state index contributed by atoms with van der Waals surface area (Å²) < 4.78 is 4.77. The van der Waals surface area contributed by atoms with E-state index in [4.69, 9.17) is 10.5 Å². The van der Waals surface area contributed by atoms with Crippen LogP contribution in [0.25, 0.3) is 0 Å². The number of hydrogen-bond donors (Lipinski definition) is 2. The van der Waals surface area contributed by atoms with Crippen LogP contribution in [0.4, 0.5) is 11.4 Å². The predicted molar refractivity (Wildman–Crippen MR) is 78.6 cm³/mol. The number of benzene rings is 1. The minimum atomic E-state index is -0.395. The normalized spacial score (nSPS) is 11.9. The van der Waals surface area contributed by atoms with Crippen molar-refractivity contribution in [1.82, 2.24) is 0 Å². The van der Waals surface area contributed by atoms with Gasteiger partial charge in [0, 0.05) is 16.3 Å². The summed E-state index contributed by atoms with van der Waals surface area (Å²) in [5, 5.41) is 5.33. The first-order valence-corrected chi connectivity index (χ1v) is 6.77. The Hall–Kier alpha value is -2.01. The molecule has 0 fully saturated rings. The molecule has 5 heteroatoms. The highest BCUT2D eigenvalue weighted by Crippen LogP contribution is 2.26. The second kappa shape index (κ2) is 5.75. The number of ether oxygens (including phenoxy) is 1. The molecule has 0 saturated heterocycles. The topological polar surface area (TPSA) is 64.3 Å². The standard InChI is InChI=1S/C14H16N2O2S/c1-9(13-4-3-7-19-13)16-12-6-5-10(15)8-11(12)14(17)18-2/h3-9,16H,15H2,1-2H3. The zero-order valence-electron chi connectivity index (χ0n) is 10.8. The van der Waals surface area contributed by atoms with E-state index < -0.39 is 5.97 Å². The molecule has 3 N–H and O–H groups in total. The molecule has 100 valence electrons. The number of thiophene rings is 1. The molecule has 1 unspecified atom stereocenters. The van der Waals surface area contributed by atoms with Gasteiger partial charge in [0.1, 0.15) is 0 Å². The van der Waals surface area contributed by atoms with Gasteiger partial charge in [-0.1, -0.05) is 6.07 Å². The molecule has 0 amide bonds. The van der Waals surface area contributed by atoms with Crippen LogP contribution in [0, 0.1) is 0 Å². The van der Waals surface area contributed by atoms with Crippen molar-refractivity contribution in [3.8, 4) is 0 Å². The average molecular weight is 276 g/mol. The van der Waals surface area contributed by atoms with Gasteiger partial charge in [-0.3, -0.25) is 0 Å². The van der Waals surface area contributed by atoms with E-state index >= 15 is 0 Å². The maximum Gasteiger partial charge on any atom is 0.340 e. The molecule has 2 aromatic rings. The molecular formula is C14H16N2O2S. The lowest BCUT2D eigenvalue weighted by Crippen LogP contribution is -2.11. The fraction of sp³-hybridized carbons (Fsp3) is 0.214. The van der Waals surface area contributed by atoms with Crippen molar-refractivity contribution in [1.29, 1.82) is 0 Å². The molecule has 1 aromatic carbocycles. The Bertz CT molecular complexity index is 567. The lowest BCUT2D eigenvalue weighted by Gasteiger charge is -2.16. The summed E-state index contributed by atoms with van der Waals surface area (Å²) in [6, 6.07) is 9.35. The molecule has 4 nitrogen and oxygen atoms in total. The predicted octanol–water partition coefficient (Wildman–Crippen LogP) is 3.29. The second-order valence-corrected chi connectivity index (χ2v) is 5.16. The first-order chi connectivity index (χ1) is 9.11. The van der Waals surface area contributed by atoms with Crippen LogP contribution in [0.5, 0.6) is 0 Å². The number of methoxy groups -OCH3 is 1. The molecule has 0 radical (unpaired) electrons. The molecule has 1 atom stereocenters. The summed E-state index contributed by atoms with van der Waals surface area (Å²) in [6.07, 6.45) is 0. The van der Waals surface area contributed by atoms with Gasteiger partial charge in [-0.05, 0) is 36.6 Å². The summed E-state index contributed by atoms with van der Waals surface area (Å²) in [7, 11) is 1.36. The minimum Gasteiger partial charge on any atom is -0.465 e. The highest BCUT2D eigenvalue weighted by molar-refractivity contribution is 7.10. The maximum absolute atomic E-state index is 11.7. The number of carbonyl (C=O) groups excluding carboxylic acids is 1. The van der Waals surface area contributed by atoms with Crippen molar-refractivity contribution >= 4 is 28.7 Å². The highest BCUT2D eigenvalue weighted by Gasteiger charge is 2.15. The quantitative estimate of drug-likeness (QED) is 0.664. The van der Waals surface area contributed by atoms with Crippen LogP contribution in [0.2, 0.25) is 0 Å². The number of nitrogen functional groups attached to an aromatic ring is 1. The van der Waals surface area contributed by atoms with E-state index in [0.717, 1.165) is 5.69 Å². The van der Waals surface area contributed by atoms with Crippen molar-refractivity contribution < 1.29 is 9.53 Å². The van der Waals surface area contributed by atoms with Crippen molar-refractivity contribution in [3.63, 3.8) is 0 Å². The van der Waals surface area contributed by atoms with Gasteiger partial charge in [-0.25, -0.2) is 4.79 Å². The zero-order chi connectivity index (χ0) is 13.8. The smallest absolute Gasteiger partial charge is 0.340 e. The first kappa shape index (κ1) is 13.4. The second-order valence-electron chi connectivity index (χ2n) is 4.18. The van der Waals surface area contributed by atoms with Gasteiger partial charge in [0.05, 0.1) is 18.7 Å². The van der Waals surface area contributed by atoms with Gasteiger partial charge in [0.2, 0.25) is 0 Å². The number of nitrogens with two attached hydrogens (primary N) is 1. The summed E-state index contributed by atoms with van der Waals surface area (Å²) in [5.74, 6) is -0.395. The number of nitrogens with one attached hydrogen (secondary N) is 1. The van der Waals surface area contributed by atoms with Crippen LogP contribution in [-0.2, 0) is 4.74 Å². The van der Waals surface area contributed by atoms with Crippen LogP contribution < -0.4 is 11.1 Å². The van der Waals surface area contributed by atoms with Gasteiger partial charge < -0.3 is 15.8 Å². The lowest BCUT2D eigenvalue weighted by atomic mass is 10.1. The Morgan fingerprint density at radius 1 is 1.42 bits per heavy atom. The third-order valence-corrected chi connectivity index (χ3v) is 3.85. The van der Waals surface area contributed by atoms with Crippen LogP contribution in [-0.4, -0.2) is 13.1 Å². The van der Waals surface area contributed by atoms with Crippen LogP contribution >= 0.6 is 11.3 Å². The van der Waals surface area contributed by atoms with E-state index in [0.29, 0.717) is 11.3 Å². The van der Waals surface area contributed by atoms with Gasteiger partial charge in [-0.15, -0.1) is 11.3 Å². The van der Waals surface area contributed by atoms with E-state index in [1.165, 1.54) is 12.0 Å². The van der Waals surface area contributed by atoms with Gasteiger partial charge >= 0.3 is 5.97 Å². The number of hydrogen-bond acceptors (Lipinski definition) is 5. The third-order valence-electron chi connectivity index (χ3n) is 2.79. The monoisotopic (exact) mass is 276 g/mol. The maximum atomic E-state index is 11.7. The van der Waals surface area contributed by atoms with Crippen LogP contribution in [0.1, 0.15) is 28.2 Å². The Morgan fingerprint density at radius 2 is 2.21 bits per heavy atom. The average Bonchev–Trinajstić information content (AvgIpc) is 2.94. The number of rotatable bonds is 4. The zero-order valence-corrected chi connectivity index (χ0v) is 11.7. The van der Waals surface area contributed by atoms with Crippen molar-refractivity contribution in [2.24, 2.45) is 0 Å². The third kappa shape index (κ3) is 3.06. The van der Waals surface area contributed by atoms with E-state index in [1.54, 1.807) is 29.5 Å². The van der Waals surface area contributed by atoms with Crippen LogP contribution in [0.3, 0.4) is 0 Å². The van der Waals surface area contributed by atoms with E-state index in [-0.39, 0.29) is 6.04 Å². The molecule has 1 heterocycles. The van der Waals surface area contributed by atoms with Crippen LogP contribution in [0.15, 0.2) is 35.7 Å². The molecule has 0 aliphatic heterocycles. The van der Waals surface area contributed by atoms with Crippen molar-refractivity contribution in [2.75, 3.05) is 18.2 Å². The van der Waals surface area contributed by atoms with Gasteiger partial charge in [-0.2, -0.15) is 0 Å². The molecular weight excluding hydrogens is 260 g/mol. The van der Waals surface area contributed by atoms with Gasteiger partial charge in [0.25, 0.3) is 0 Å². The fourth-order valence-electron chi connectivity index (χ4n) is 1.81. The Kier molecular flexibility index (Phi) is 4.06. The lowest BCUT2D eigenvalue weighted by molar-refractivity contribution is 0.0602. The minimum absolute atomic E-state index is 0.118. The molecule has 0 bridgehead atoms. The van der Waals surface area contributed by atoms with E-state index in [2.05, 4.69) is 11.4 Å². The molecule has 0 spiro atoms. The Labute approximate surface area is 116 Å². The number of carbonyl (C=O) groups is 1. The number of esters is 1. The SMILES string of the molecule is COC(=O)c1cc(N)ccc1NC(C)c1cccs1. The van der Waals surface area contributed by atoms with Gasteiger partial charge in [0.15, 0.2) is 0 Å². The molecule has 0 saturated carbocycles. The molecule has 19 heavy (non-hydrogen) atoms. The molecule has 2 rings (SSSR count). The highest BCUT2D eigenvalue weighted by atomic mass is 32.1. The van der Waals surface area contributed by atoms with Crippen molar-refractivity contribution in [2.45, 2.75) is 13.0 Å². The molecule has 0 aliphatic rings. The Morgan fingerprint density at radius 3 is 2.84 bits per heavy atom. The van der Waals surface area contributed by atoms with Crippen molar-refractivity contribution in [3.05, 3.63) is 46.2 Å². The molecule has 1 aromatic heterocycles. The van der Waals surface area contributed by atoms with E-state index in [9.17, 15) is 4.79 Å². The Balaban J connectivity index is 2.27.